The predicted molar refractivity (Wildman–Crippen MR) is 66.5 cm³/mol. The Morgan fingerprint density at radius 1 is 1.39 bits per heavy atom. The molecular formula is C13H19N3O2. The van der Waals surface area contributed by atoms with Crippen LogP contribution in [-0.4, -0.2) is 35.4 Å². The molecule has 1 saturated heterocycles. The first-order valence-electron chi connectivity index (χ1n) is 6.80. The molecule has 98 valence electrons. The second-order valence-electron chi connectivity index (χ2n) is 5.08. The van der Waals surface area contributed by atoms with E-state index in [1.54, 1.807) is 0 Å². The highest BCUT2D eigenvalue weighted by Crippen LogP contribution is 2.22. The highest BCUT2D eigenvalue weighted by molar-refractivity contribution is 5.94. The molecule has 2 heterocycles. The molecule has 5 heteroatoms. The molecule has 2 N–H and O–H groups in total. The van der Waals surface area contributed by atoms with Gasteiger partial charge >= 0.3 is 0 Å². The summed E-state index contributed by atoms with van der Waals surface area (Å²) in [5.74, 6) is -0.0649. The fourth-order valence-corrected chi connectivity index (χ4v) is 2.76. The van der Waals surface area contributed by atoms with Crippen LogP contribution in [0.15, 0.2) is 0 Å². The van der Waals surface area contributed by atoms with Gasteiger partial charge in [-0.25, -0.2) is 0 Å². The van der Waals surface area contributed by atoms with Gasteiger partial charge in [0.25, 0.3) is 5.91 Å². The maximum atomic E-state index is 12.1. The van der Waals surface area contributed by atoms with E-state index in [4.69, 9.17) is 4.74 Å². The Morgan fingerprint density at radius 3 is 3.11 bits per heavy atom. The third kappa shape index (κ3) is 2.27. The summed E-state index contributed by atoms with van der Waals surface area (Å²) in [5, 5.41) is 10.1. The minimum Gasteiger partial charge on any atom is -0.376 e. The van der Waals surface area contributed by atoms with Crippen LogP contribution >= 0.6 is 0 Å². The SMILES string of the molecule is O=C(NCC1CCCO1)c1n[nH]c2c1CCCC2. The van der Waals surface area contributed by atoms with Crippen molar-refractivity contribution < 1.29 is 9.53 Å². The zero-order chi connectivity index (χ0) is 12.4. The Labute approximate surface area is 106 Å². The molecule has 1 atom stereocenters. The topological polar surface area (TPSA) is 67.0 Å². The van der Waals surface area contributed by atoms with Gasteiger partial charge < -0.3 is 10.1 Å². The summed E-state index contributed by atoms with van der Waals surface area (Å²) < 4.78 is 5.49. The van der Waals surface area contributed by atoms with E-state index in [0.29, 0.717) is 12.2 Å². The number of nitrogens with one attached hydrogen (secondary N) is 2. The highest BCUT2D eigenvalue weighted by atomic mass is 16.5. The van der Waals surface area contributed by atoms with Crippen LogP contribution in [0.2, 0.25) is 0 Å². The Bertz CT molecular complexity index is 435. The first kappa shape index (κ1) is 11.7. The molecule has 3 rings (SSSR count). The van der Waals surface area contributed by atoms with Gasteiger partial charge in [0.05, 0.1) is 6.10 Å². The molecule has 2 aliphatic rings. The number of aromatic nitrogens is 2. The van der Waals surface area contributed by atoms with E-state index < -0.39 is 0 Å². The number of carbonyl (C=O) groups excluding carboxylic acids is 1. The van der Waals surface area contributed by atoms with E-state index in [-0.39, 0.29) is 12.0 Å². The summed E-state index contributed by atoms with van der Waals surface area (Å²) >= 11 is 0. The first-order valence-corrected chi connectivity index (χ1v) is 6.80. The van der Waals surface area contributed by atoms with Crippen molar-refractivity contribution in [1.82, 2.24) is 15.5 Å². The number of aryl methyl sites for hydroxylation is 1. The standard InChI is InChI=1S/C13H19N3O2/c17-13(14-8-9-4-3-7-18-9)12-10-5-1-2-6-11(10)15-16-12/h9H,1-8H2,(H,14,17)(H,15,16). The minimum atomic E-state index is -0.0649. The lowest BCUT2D eigenvalue weighted by atomic mass is 9.96. The van der Waals surface area contributed by atoms with Gasteiger partial charge in [0.2, 0.25) is 0 Å². The largest absolute Gasteiger partial charge is 0.376 e. The quantitative estimate of drug-likeness (QED) is 0.845. The second-order valence-corrected chi connectivity index (χ2v) is 5.08. The highest BCUT2D eigenvalue weighted by Gasteiger charge is 2.23. The molecule has 1 amide bonds. The number of fused-ring (bicyclic) bond motifs is 1. The molecule has 1 aliphatic carbocycles. The van der Waals surface area contributed by atoms with Gasteiger partial charge in [-0.15, -0.1) is 0 Å². The monoisotopic (exact) mass is 249 g/mol. The third-order valence-corrected chi connectivity index (χ3v) is 3.79. The van der Waals surface area contributed by atoms with E-state index in [2.05, 4.69) is 15.5 Å². The second kappa shape index (κ2) is 5.10. The average Bonchev–Trinajstić information content (AvgIpc) is 3.05. The molecule has 1 unspecified atom stereocenters. The van der Waals surface area contributed by atoms with Crippen molar-refractivity contribution in [3.05, 3.63) is 17.0 Å². The number of hydrogen-bond donors (Lipinski definition) is 2. The number of rotatable bonds is 3. The van der Waals surface area contributed by atoms with Crippen molar-refractivity contribution in [2.24, 2.45) is 0 Å². The summed E-state index contributed by atoms with van der Waals surface area (Å²) in [4.78, 5) is 12.1. The number of H-pyrrole nitrogens is 1. The summed E-state index contributed by atoms with van der Waals surface area (Å²) in [6, 6.07) is 0. The molecule has 0 saturated carbocycles. The fraction of sp³-hybridized carbons (Fsp3) is 0.692. The Hall–Kier alpha value is -1.36. The van der Waals surface area contributed by atoms with Crippen molar-refractivity contribution >= 4 is 5.91 Å². The van der Waals surface area contributed by atoms with Gasteiger partial charge in [0, 0.05) is 24.4 Å². The molecule has 5 nitrogen and oxygen atoms in total. The van der Waals surface area contributed by atoms with Crippen LogP contribution < -0.4 is 5.32 Å². The summed E-state index contributed by atoms with van der Waals surface area (Å²) in [5.41, 5.74) is 2.84. The van der Waals surface area contributed by atoms with Crippen LogP contribution in [0.25, 0.3) is 0 Å². The molecule has 1 aliphatic heterocycles. The van der Waals surface area contributed by atoms with Gasteiger partial charge in [-0.3, -0.25) is 9.89 Å². The van der Waals surface area contributed by atoms with E-state index in [9.17, 15) is 4.79 Å². The van der Waals surface area contributed by atoms with Crippen LogP contribution in [0, 0.1) is 0 Å². The summed E-state index contributed by atoms with van der Waals surface area (Å²) in [6.07, 6.45) is 6.64. The molecule has 18 heavy (non-hydrogen) atoms. The van der Waals surface area contributed by atoms with Crippen molar-refractivity contribution in [1.29, 1.82) is 0 Å². The smallest absolute Gasteiger partial charge is 0.272 e. The Kier molecular flexibility index (Phi) is 3.32. The molecular weight excluding hydrogens is 230 g/mol. The van der Waals surface area contributed by atoms with Gasteiger partial charge in [0.15, 0.2) is 5.69 Å². The van der Waals surface area contributed by atoms with E-state index >= 15 is 0 Å². The molecule has 0 aromatic carbocycles. The number of ether oxygens (including phenoxy) is 1. The minimum absolute atomic E-state index is 0.0649. The number of carbonyl (C=O) groups is 1. The zero-order valence-corrected chi connectivity index (χ0v) is 10.5. The maximum Gasteiger partial charge on any atom is 0.272 e. The molecule has 1 aromatic heterocycles. The lowest BCUT2D eigenvalue weighted by Gasteiger charge is -2.12. The van der Waals surface area contributed by atoms with Gasteiger partial charge in [-0.2, -0.15) is 5.10 Å². The number of amides is 1. The number of hydrogen-bond acceptors (Lipinski definition) is 3. The van der Waals surface area contributed by atoms with Crippen molar-refractivity contribution in [3.8, 4) is 0 Å². The predicted octanol–water partition coefficient (Wildman–Crippen LogP) is 1.20. The molecule has 1 aromatic rings. The van der Waals surface area contributed by atoms with E-state index in [1.807, 2.05) is 0 Å². The van der Waals surface area contributed by atoms with Crippen molar-refractivity contribution in [3.63, 3.8) is 0 Å². The van der Waals surface area contributed by atoms with Crippen LogP contribution in [0.4, 0.5) is 0 Å². The maximum absolute atomic E-state index is 12.1. The van der Waals surface area contributed by atoms with Crippen LogP contribution in [0.3, 0.4) is 0 Å². The van der Waals surface area contributed by atoms with Gasteiger partial charge in [0.1, 0.15) is 0 Å². The van der Waals surface area contributed by atoms with Crippen LogP contribution in [0.5, 0.6) is 0 Å². The number of nitrogens with zero attached hydrogens (tertiary/aromatic N) is 1. The van der Waals surface area contributed by atoms with E-state index in [0.717, 1.165) is 50.0 Å². The van der Waals surface area contributed by atoms with Gasteiger partial charge in [-0.1, -0.05) is 0 Å². The normalized spacial score (nSPS) is 22.8. The van der Waals surface area contributed by atoms with Crippen molar-refractivity contribution in [2.45, 2.75) is 44.6 Å². The zero-order valence-electron chi connectivity index (χ0n) is 10.5. The molecule has 0 bridgehead atoms. The Morgan fingerprint density at radius 2 is 2.28 bits per heavy atom. The Balaban J connectivity index is 1.63. The molecule has 0 spiro atoms. The van der Waals surface area contributed by atoms with Gasteiger partial charge in [-0.05, 0) is 38.5 Å². The lowest BCUT2D eigenvalue weighted by molar-refractivity contribution is 0.0853. The fourth-order valence-electron chi connectivity index (χ4n) is 2.76. The number of aromatic amines is 1. The average molecular weight is 249 g/mol. The lowest BCUT2D eigenvalue weighted by Crippen LogP contribution is -2.32. The van der Waals surface area contributed by atoms with Crippen LogP contribution in [0.1, 0.15) is 47.4 Å². The van der Waals surface area contributed by atoms with Crippen molar-refractivity contribution in [2.75, 3.05) is 13.2 Å². The molecule has 0 radical (unpaired) electrons. The molecule has 1 fully saturated rings. The summed E-state index contributed by atoms with van der Waals surface area (Å²) in [7, 11) is 0. The first-order chi connectivity index (χ1) is 8.84. The third-order valence-electron chi connectivity index (χ3n) is 3.79. The summed E-state index contributed by atoms with van der Waals surface area (Å²) in [6.45, 7) is 1.42. The van der Waals surface area contributed by atoms with Crippen LogP contribution in [-0.2, 0) is 17.6 Å². The van der Waals surface area contributed by atoms with E-state index in [1.165, 1.54) is 6.42 Å².